The molecule has 0 spiro atoms. The molecule has 0 radical (unpaired) electrons. The third-order valence-corrected chi connectivity index (χ3v) is 2.64. The molecule has 2 nitrogen and oxygen atoms in total. The summed E-state index contributed by atoms with van der Waals surface area (Å²) in [5, 5.41) is 3.22. The summed E-state index contributed by atoms with van der Waals surface area (Å²) < 4.78 is 31.8. The van der Waals surface area contributed by atoms with Crippen molar-refractivity contribution in [1.29, 1.82) is 0 Å². The summed E-state index contributed by atoms with van der Waals surface area (Å²) >= 11 is 0. The van der Waals surface area contributed by atoms with Gasteiger partial charge >= 0.3 is 0 Å². The first-order chi connectivity index (χ1) is 8.70. The molecule has 1 atom stereocenters. The summed E-state index contributed by atoms with van der Waals surface area (Å²) in [5.41, 5.74) is 0.524. The maximum atomic E-state index is 13.3. The van der Waals surface area contributed by atoms with E-state index in [1.807, 2.05) is 6.92 Å². The lowest BCUT2D eigenvalue weighted by atomic mass is 10.0. The van der Waals surface area contributed by atoms with Crippen molar-refractivity contribution >= 4 is 0 Å². The van der Waals surface area contributed by atoms with Gasteiger partial charge in [-0.05, 0) is 42.8 Å². The van der Waals surface area contributed by atoms with Gasteiger partial charge in [0.15, 0.2) is 0 Å². The second-order valence-corrected chi connectivity index (χ2v) is 4.11. The first kappa shape index (κ1) is 12.8. The summed E-state index contributed by atoms with van der Waals surface area (Å²) in [5.74, 6) is -0.520. The molecule has 0 aliphatic carbocycles. The van der Waals surface area contributed by atoms with E-state index in [0.29, 0.717) is 11.3 Å². The molecule has 2 rings (SSSR count). The van der Waals surface area contributed by atoms with E-state index < -0.39 is 11.6 Å². The Balaban J connectivity index is 2.33. The second kappa shape index (κ2) is 5.78. The predicted octanol–water partition coefficient (Wildman–Crippen LogP) is 3.65. The van der Waals surface area contributed by atoms with Gasteiger partial charge in [0.1, 0.15) is 17.4 Å². The Bertz CT molecular complexity index is 476. The van der Waals surface area contributed by atoms with Crippen LogP contribution >= 0.6 is 0 Å². The molecule has 0 aliphatic rings. The van der Waals surface area contributed by atoms with E-state index in [-0.39, 0.29) is 6.04 Å². The van der Waals surface area contributed by atoms with Gasteiger partial charge in [0.25, 0.3) is 0 Å². The van der Waals surface area contributed by atoms with Crippen LogP contribution < -0.4 is 5.32 Å². The molecule has 0 bridgehead atoms. The number of nitrogens with one attached hydrogen (secondary N) is 1. The third-order valence-electron chi connectivity index (χ3n) is 2.64. The lowest BCUT2D eigenvalue weighted by Crippen LogP contribution is -2.23. The van der Waals surface area contributed by atoms with Gasteiger partial charge in [0.05, 0.1) is 12.3 Å². The van der Waals surface area contributed by atoms with Gasteiger partial charge in [-0.1, -0.05) is 6.92 Å². The van der Waals surface area contributed by atoms with Crippen molar-refractivity contribution in [2.45, 2.75) is 19.4 Å². The van der Waals surface area contributed by atoms with E-state index in [9.17, 15) is 8.78 Å². The zero-order valence-corrected chi connectivity index (χ0v) is 10.1. The van der Waals surface area contributed by atoms with E-state index in [0.717, 1.165) is 19.0 Å². The van der Waals surface area contributed by atoms with Crippen molar-refractivity contribution in [3.05, 3.63) is 59.6 Å². The van der Waals surface area contributed by atoms with Crippen LogP contribution in [0.15, 0.2) is 41.0 Å². The molecular weight excluding hydrogens is 236 g/mol. The van der Waals surface area contributed by atoms with Crippen LogP contribution in [0.4, 0.5) is 8.78 Å². The molecule has 1 heterocycles. The number of rotatable bonds is 5. The minimum absolute atomic E-state index is 0.329. The Morgan fingerprint density at radius 2 is 1.94 bits per heavy atom. The van der Waals surface area contributed by atoms with Crippen LogP contribution in [0.2, 0.25) is 0 Å². The van der Waals surface area contributed by atoms with Crippen LogP contribution in [-0.4, -0.2) is 6.54 Å². The molecule has 0 fully saturated rings. The largest absolute Gasteiger partial charge is 0.467 e. The first-order valence-electron chi connectivity index (χ1n) is 5.93. The highest BCUT2D eigenvalue weighted by Crippen LogP contribution is 2.24. The van der Waals surface area contributed by atoms with E-state index in [2.05, 4.69) is 5.32 Å². The standard InChI is InChI=1S/C14H15F2NO/c1-2-5-17-14(13-4-3-6-18-13)10-7-11(15)9-12(16)8-10/h3-4,6-9,14,17H,2,5H2,1H3. The van der Waals surface area contributed by atoms with Crippen LogP contribution in [0.25, 0.3) is 0 Å². The van der Waals surface area contributed by atoms with Gasteiger partial charge < -0.3 is 9.73 Å². The molecule has 0 amide bonds. The van der Waals surface area contributed by atoms with E-state index >= 15 is 0 Å². The summed E-state index contributed by atoms with van der Waals surface area (Å²) in [4.78, 5) is 0. The van der Waals surface area contributed by atoms with Crippen molar-refractivity contribution in [1.82, 2.24) is 5.32 Å². The number of hydrogen-bond donors (Lipinski definition) is 1. The first-order valence-corrected chi connectivity index (χ1v) is 5.93. The van der Waals surface area contributed by atoms with E-state index in [1.165, 1.54) is 12.1 Å². The van der Waals surface area contributed by atoms with E-state index in [1.54, 1.807) is 18.4 Å². The lowest BCUT2D eigenvalue weighted by molar-refractivity contribution is 0.444. The molecule has 1 aromatic heterocycles. The third kappa shape index (κ3) is 2.96. The van der Waals surface area contributed by atoms with Crippen LogP contribution in [-0.2, 0) is 0 Å². The van der Waals surface area contributed by atoms with Gasteiger partial charge in [0, 0.05) is 6.07 Å². The number of halogens is 2. The smallest absolute Gasteiger partial charge is 0.126 e. The molecule has 0 aliphatic heterocycles. The number of furan rings is 1. The molecule has 1 unspecified atom stereocenters. The summed E-state index contributed by atoms with van der Waals surface area (Å²) in [6, 6.07) is 6.72. The normalized spacial score (nSPS) is 12.6. The van der Waals surface area contributed by atoms with Crippen LogP contribution in [0, 0.1) is 11.6 Å². The van der Waals surface area contributed by atoms with Crippen molar-refractivity contribution in [2.75, 3.05) is 6.54 Å². The Labute approximate surface area is 105 Å². The minimum Gasteiger partial charge on any atom is -0.467 e. The number of benzene rings is 1. The average Bonchev–Trinajstić information content (AvgIpc) is 2.82. The molecule has 0 saturated heterocycles. The van der Waals surface area contributed by atoms with Gasteiger partial charge in [-0.2, -0.15) is 0 Å². The zero-order valence-electron chi connectivity index (χ0n) is 10.1. The SMILES string of the molecule is CCCNC(c1cc(F)cc(F)c1)c1ccco1. The highest BCUT2D eigenvalue weighted by Gasteiger charge is 2.17. The molecule has 2 aromatic rings. The maximum absolute atomic E-state index is 13.3. The molecule has 1 aromatic carbocycles. The molecule has 18 heavy (non-hydrogen) atoms. The van der Waals surface area contributed by atoms with Crippen molar-refractivity contribution in [3.8, 4) is 0 Å². The molecule has 4 heteroatoms. The fourth-order valence-corrected chi connectivity index (χ4v) is 1.87. The fourth-order valence-electron chi connectivity index (χ4n) is 1.87. The van der Waals surface area contributed by atoms with Crippen molar-refractivity contribution < 1.29 is 13.2 Å². The Hall–Kier alpha value is -1.68. The monoisotopic (exact) mass is 251 g/mol. The van der Waals surface area contributed by atoms with E-state index in [4.69, 9.17) is 4.42 Å². The van der Waals surface area contributed by atoms with Crippen LogP contribution in [0.1, 0.15) is 30.7 Å². The Morgan fingerprint density at radius 3 is 2.50 bits per heavy atom. The van der Waals surface area contributed by atoms with Gasteiger partial charge in [-0.15, -0.1) is 0 Å². The lowest BCUT2D eigenvalue weighted by Gasteiger charge is -2.17. The molecular formula is C14H15F2NO. The minimum atomic E-state index is -0.583. The molecule has 1 N–H and O–H groups in total. The summed E-state index contributed by atoms with van der Waals surface area (Å²) in [6.07, 6.45) is 2.47. The van der Waals surface area contributed by atoms with Gasteiger partial charge in [-0.25, -0.2) is 8.78 Å². The molecule has 0 saturated carbocycles. The van der Waals surface area contributed by atoms with Crippen LogP contribution in [0.5, 0.6) is 0 Å². The summed E-state index contributed by atoms with van der Waals surface area (Å²) in [7, 11) is 0. The van der Waals surface area contributed by atoms with Crippen LogP contribution in [0.3, 0.4) is 0 Å². The van der Waals surface area contributed by atoms with Crippen molar-refractivity contribution in [2.24, 2.45) is 0 Å². The van der Waals surface area contributed by atoms with Gasteiger partial charge in [0.2, 0.25) is 0 Å². The Morgan fingerprint density at radius 1 is 1.22 bits per heavy atom. The van der Waals surface area contributed by atoms with Gasteiger partial charge in [-0.3, -0.25) is 0 Å². The van der Waals surface area contributed by atoms with Crippen molar-refractivity contribution in [3.63, 3.8) is 0 Å². The Kier molecular flexibility index (Phi) is 4.10. The fraction of sp³-hybridized carbons (Fsp3) is 0.286. The quantitative estimate of drug-likeness (QED) is 0.877. The molecule has 96 valence electrons. The summed E-state index contributed by atoms with van der Waals surface area (Å²) in [6.45, 7) is 2.77. The topological polar surface area (TPSA) is 25.2 Å². The highest BCUT2D eigenvalue weighted by molar-refractivity contribution is 5.27. The maximum Gasteiger partial charge on any atom is 0.126 e. The predicted molar refractivity (Wildman–Crippen MR) is 65.2 cm³/mol. The number of hydrogen-bond acceptors (Lipinski definition) is 2. The second-order valence-electron chi connectivity index (χ2n) is 4.11. The zero-order chi connectivity index (χ0) is 13.0. The highest BCUT2D eigenvalue weighted by atomic mass is 19.1. The average molecular weight is 251 g/mol.